The molecule has 3 aromatic rings. The van der Waals surface area contributed by atoms with E-state index in [1.165, 1.54) is 0 Å². The highest BCUT2D eigenvalue weighted by molar-refractivity contribution is 6.30. The van der Waals surface area contributed by atoms with Crippen LogP contribution >= 0.6 is 11.6 Å². The van der Waals surface area contributed by atoms with E-state index in [4.69, 9.17) is 16.0 Å². The van der Waals surface area contributed by atoms with Gasteiger partial charge in [-0.15, -0.1) is 0 Å². The van der Waals surface area contributed by atoms with Crippen molar-refractivity contribution < 1.29 is 9.21 Å². The van der Waals surface area contributed by atoms with E-state index in [2.05, 4.69) is 12.0 Å². The van der Waals surface area contributed by atoms with Crippen molar-refractivity contribution in [2.75, 3.05) is 4.90 Å². The predicted octanol–water partition coefficient (Wildman–Crippen LogP) is 4.49. The maximum atomic E-state index is 12.9. The van der Waals surface area contributed by atoms with Crippen molar-refractivity contribution >= 4 is 23.3 Å². The second-order valence-corrected chi connectivity index (χ2v) is 6.89. The van der Waals surface area contributed by atoms with Gasteiger partial charge in [0.1, 0.15) is 23.7 Å². The largest absolute Gasteiger partial charge is 0.467 e. The average molecular weight is 381 g/mol. The molecule has 1 saturated heterocycles. The molecule has 0 bridgehead atoms. The summed E-state index contributed by atoms with van der Waals surface area (Å²) in [7, 11) is 0. The zero-order valence-corrected chi connectivity index (χ0v) is 15.4. The second-order valence-electron chi connectivity index (χ2n) is 6.45. The Hall–Kier alpha value is -3.04. The maximum Gasteiger partial charge on any atom is 0.234 e. The van der Waals surface area contributed by atoms with E-state index in [1.807, 2.05) is 24.3 Å². The monoisotopic (exact) mass is 380 g/mol. The van der Waals surface area contributed by atoms with Crippen molar-refractivity contribution in [3.05, 3.63) is 65.2 Å². The summed E-state index contributed by atoms with van der Waals surface area (Å²) in [4.78, 5) is 14.6. The first kappa shape index (κ1) is 17.4. The van der Waals surface area contributed by atoms with Crippen LogP contribution in [0.3, 0.4) is 0 Å². The highest BCUT2D eigenvalue weighted by Crippen LogP contribution is 2.46. The molecule has 0 saturated carbocycles. The first-order valence-corrected chi connectivity index (χ1v) is 9.14. The summed E-state index contributed by atoms with van der Waals surface area (Å²) in [5.41, 5.74) is 0.916. The molecule has 1 aliphatic heterocycles. The minimum absolute atomic E-state index is 0.00548. The van der Waals surface area contributed by atoms with Gasteiger partial charge >= 0.3 is 0 Å². The zero-order valence-electron chi connectivity index (χ0n) is 14.7. The molecule has 2 unspecified atom stereocenters. The molecule has 27 heavy (non-hydrogen) atoms. The first-order chi connectivity index (χ1) is 13.1. The normalized spacial score (nSPS) is 19.0. The molecular weight excluding hydrogens is 364 g/mol. The Balaban J connectivity index is 1.81. The quantitative estimate of drug-likeness (QED) is 0.611. The zero-order chi connectivity index (χ0) is 19.0. The molecular formula is C20H17ClN4O2. The van der Waals surface area contributed by atoms with Crippen molar-refractivity contribution in [1.29, 1.82) is 5.26 Å². The number of halogens is 1. The highest BCUT2D eigenvalue weighted by Gasteiger charge is 2.51. The molecule has 1 fully saturated rings. The molecule has 1 aliphatic rings. The van der Waals surface area contributed by atoms with Crippen molar-refractivity contribution in [2.24, 2.45) is 5.92 Å². The molecule has 3 heterocycles. The van der Waals surface area contributed by atoms with Crippen molar-refractivity contribution in [2.45, 2.75) is 25.8 Å². The van der Waals surface area contributed by atoms with Gasteiger partial charge in [-0.1, -0.05) is 31.0 Å². The number of nitriles is 1. The Morgan fingerprint density at radius 3 is 2.81 bits per heavy atom. The van der Waals surface area contributed by atoms with Gasteiger partial charge in [0.2, 0.25) is 5.91 Å². The van der Waals surface area contributed by atoms with Crippen LogP contribution in [0.25, 0.3) is 5.69 Å². The van der Waals surface area contributed by atoms with Crippen LogP contribution in [-0.4, -0.2) is 15.7 Å². The van der Waals surface area contributed by atoms with E-state index in [0.29, 0.717) is 16.5 Å². The van der Waals surface area contributed by atoms with Gasteiger partial charge in [-0.25, -0.2) is 4.68 Å². The Bertz CT molecular complexity index is 1020. The van der Waals surface area contributed by atoms with Crippen LogP contribution < -0.4 is 4.90 Å². The van der Waals surface area contributed by atoms with Crippen LogP contribution in [0.15, 0.2) is 53.1 Å². The van der Waals surface area contributed by atoms with E-state index in [1.54, 1.807) is 40.1 Å². The van der Waals surface area contributed by atoms with E-state index in [0.717, 1.165) is 18.6 Å². The smallest absolute Gasteiger partial charge is 0.234 e. The molecule has 136 valence electrons. The lowest BCUT2D eigenvalue weighted by atomic mass is 9.82. The Morgan fingerprint density at radius 1 is 1.30 bits per heavy atom. The molecule has 0 N–H and O–H groups in total. The standard InChI is InChI=1S/C20H17ClN4O2/c1-2-5-16-19(17-8-4-9-27-17)24(20(16)26)18-11-14(12-22)23-25(18)15-7-3-6-13(21)10-15/h3-4,6-11,16,19H,2,5H2,1H3. The number of aromatic nitrogens is 2. The summed E-state index contributed by atoms with van der Waals surface area (Å²) in [5.74, 6) is 1.12. The van der Waals surface area contributed by atoms with E-state index >= 15 is 0 Å². The van der Waals surface area contributed by atoms with Crippen LogP contribution in [0.4, 0.5) is 5.82 Å². The summed E-state index contributed by atoms with van der Waals surface area (Å²) >= 11 is 6.12. The van der Waals surface area contributed by atoms with E-state index < -0.39 is 0 Å². The molecule has 1 aromatic carbocycles. The number of hydrogen-bond acceptors (Lipinski definition) is 4. The van der Waals surface area contributed by atoms with Gasteiger partial charge in [-0.05, 0) is 36.8 Å². The SMILES string of the molecule is CCCC1C(=O)N(c2cc(C#N)nn2-c2cccc(Cl)c2)C1c1ccco1. The molecule has 2 aromatic heterocycles. The van der Waals surface area contributed by atoms with Crippen LogP contribution in [0.1, 0.15) is 37.3 Å². The topological polar surface area (TPSA) is 75.1 Å². The van der Waals surface area contributed by atoms with Crippen LogP contribution in [-0.2, 0) is 4.79 Å². The van der Waals surface area contributed by atoms with E-state index in [9.17, 15) is 10.1 Å². The number of carbonyl (C=O) groups excluding carboxylic acids is 1. The number of carbonyl (C=O) groups is 1. The summed E-state index contributed by atoms with van der Waals surface area (Å²) in [5, 5.41) is 14.2. The lowest BCUT2D eigenvalue weighted by Gasteiger charge is -2.45. The van der Waals surface area contributed by atoms with Gasteiger partial charge in [0.15, 0.2) is 5.69 Å². The van der Waals surface area contributed by atoms with Gasteiger partial charge in [0.25, 0.3) is 0 Å². The molecule has 0 spiro atoms. The molecule has 4 rings (SSSR count). The van der Waals surface area contributed by atoms with Crippen LogP contribution in [0.5, 0.6) is 0 Å². The third kappa shape index (κ3) is 2.90. The summed E-state index contributed by atoms with van der Waals surface area (Å²) < 4.78 is 7.19. The van der Waals surface area contributed by atoms with Gasteiger partial charge in [0.05, 0.1) is 17.9 Å². The Morgan fingerprint density at radius 2 is 2.15 bits per heavy atom. The number of furan rings is 1. The third-order valence-corrected chi connectivity index (χ3v) is 4.99. The fourth-order valence-electron chi connectivity index (χ4n) is 3.58. The fourth-order valence-corrected chi connectivity index (χ4v) is 3.76. The average Bonchev–Trinajstić information content (AvgIpc) is 3.33. The van der Waals surface area contributed by atoms with Gasteiger partial charge < -0.3 is 4.42 Å². The third-order valence-electron chi connectivity index (χ3n) is 4.75. The summed E-state index contributed by atoms with van der Waals surface area (Å²) in [6, 6.07) is 14.3. The number of rotatable bonds is 5. The number of nitrogens with zero attached hydrogens (tertiary/aromatic N) is 4. The number of amides is 1. The maximum absolute atomic E-state index is 12.9. The minimum atomic E-state index is -0.214. The number of β-lactam (4-membered cyclic amide) rings is 1. The molecule has 1 amide bonds. The predicted molar refractivity (Wildman–Crippen MR) is 101 cm³/mol. The number of hydrogen-bond donors (Lipinski definition) is 0. The summed E-state index contributed by atoms with van der Waals surface area (Å²) in [6.45, 7) is 2.05. The van der Waals surface area contributed by atoms with Crippen LogP contribution in [0, 0.1) is 17.2 Å². The molecule has 2 atom stereocenters. The highest BCUT2D eigenvalue weighted by atomic mass is 35.5. The number of anilines is 1. The van der Waals surface area contributed by atoms with Crippen molar-refractivity contribution in [1.82, 2.24) is 9.78 Å². The van der Waals surface area contributed by atoms with Gasteiger partial charge in [-0.2, -0.15) is 10.4 Å². The first-order valence-electron chi connectivity index (χ1n) is 8.76. The van der Waals surface area contributed by atoms with E-state index in [-0.39, 0.29) is 23.6 Å². The molecule has 7 heteroatoms. The fraction of sp³-hybridized carbons (Fsp3) is 0.250. The van der Waals surface area contributed by atoms with Crippen molar-refractivity contribution in [3.8, 4) is 11.8 Å². The molecule has 0 aliphatic carbocycles. The molecule has 6 nitrogen and oxygen atoms in total. The Labute approximate surface area is 161 Å². The van der Waals surface area contributed by atoms with Crippen molar-refractivity contribution in [3.63, 3.8) is 0 Å². The number of benzene rings is 1. The second kappa shape index (κ2) is 6.93. The van der Waals surface area contributed by atoms with Gasteiger partial charge in [0, 0.05) is 11.1 Å². The van der Waals surface area contributed by atoms with Gasteiger partial charge in [-0.3, -0.25) is 9.69 Å². The molecule has 0 radical (unpaired) electrons. The van der Waals surface area contributed by atoms with Crippen LogP contribution in [0.2, 0.25) is 5.02 Å². The minimum Gasteiger partial charge on any atom is -0.467 e. The Kier molecular flexibility index (Phi) is 4.46. The summed E-state index contributed by atoms with van der Waals surface area (Å²) in [6.07, 6.45) is 3.28. The lowest BCUT2D eigenvalue weighted by Crippen LogP contribution is -2.55. The lowest BCUT2D eigenvalue weighted by molar-refractivity contribution is -0.131.